The summed E-state index contributed by atoms with van der Waals surface area (Å²) in [5, 5.41) is 2.42. The van der Waals surface area contributed by atoms with Gasteiger partial charge in [0.15, 0.2) is 0 Å². The summed E-state index contributed by atoms with van der Waals surface area (Å²) in [6.07, 6.45) is 1.63. The van der Waals surface area contributed by atoms with Crippen LogP contribution in [0.25, 0.3) is 0 Å². The normalized spacial score (nSPS) is 10.6. The van der Waals surface area contributed by atoms with Crippen molar-refractivity contribution in [2.45, 2.75) is 6.54 Å². The lowest BCUT2D eigenvalue weighted by atomic mass is 10.2. The third-order valence-electron chi connectivity index (χ3n) is 3.71. The van der Waals surface area contributed by atoms with E-state index < -0.39 is 17.5 Å². The average Bonchev–Trinajstić information content (AvgIpc) is 3.06. The molecule has 26 heavy (non-hydrogen) atoms. The summed E-state index contributed by atoms with van der Waals surface area (Å²) in [7, 11) is 0. The van der Waals surface area contributed by atoms with Gasteiger partial charge >= 0.3 is 0 Å². The number of hydrogen-bond donors (Lipinski definition) is 1. The highest BCUT2D eigenvalue weighted by Crippen LogP contribution is 2.19. The van der Waals surface area contributed by atoms with Crippen LogP contribution in [0.5, 0.6) is 0 Å². The second kappa shape index (κ2) is 7.49. The van der Waals surface area contributed by atoms with Crippen molar-refractivity contribution in [1.82, 2.24) is 4.57 Å². The molecule has 0 bridgehead atoms. The second-order valence-corrected chi connectivity index (χ2v) is 5.99. The maximum absolute atomic E-state index is 13.8. The van der Waals surface area contributed by atoms with Gasteiger partial charge in [0.1, 0.15) is 11.6 Å². The van der Waals surface area contributed by atoms with Gasteiger partial charge in [0.25, 0.3) is 11.7 Å². The number of halogens is 3. The first-order valence-electron chi connectivity index (χ1n) is 7.64. The molecule has 0 aliphatic rings. The Morgan fingerprint density at radius 3 is 2.46 bits per heavy atom. The molecule has 1 heterocycles. The smallest absolute Gasteiger partial charge is 0.298 e. The lowest BCUT2D eigenvalue weighted by Gasteiger charge is -2.10. The molecule has 1 aromatic heterocycles. The molecule has 3 rings (SSSR count). The molecule has 0 atom stereocenters. The molecule has 132 valence electrons. The molecule has 0 saturated heterocycles. The van der Waals surface area contributed by atoms with Crippen molar-refractivity contribution in [3.8, 4) is 0 Å². The third-order valence-corrected chi connectivity index (χ3v) is 3.95. The van der Waals surface area contributed by atoms with Crippen molar-refractivity contribution in [2.24, 2.45) is 0 Å². The fourth-order valence-corrected chi connectivity index (χ4v) is 2.59. The van der Waals surface area contributed by atoms with Crippen LogP contribution in [-0.4, -0.2) is 16.3 Å². The highest BCUT2D eigenvalue weighted by Gasteiger charge is 2.21. The molecule has 7 heteroatoms. The Morgan fingerprint density at radius 2 is 1.77 bits per heavy atom. The fraction of sp³-hybridized carbons (Fsp3) is 0.0526. The Kier molecular flexibility index (Phi) is 5.14. The predicted octanol–water partition coefficient (Wildman–Crippen LogP) is 4.29. The first kappa shape index (κ1) is 17.8. The number of anilines is 1. The van der Waals surface area contributed by atoms with Crippen LogP contribution in [0.3, 0.4) is 0 Å². The van der Waals surface area contributed by atoms with Gasteiger partial charge in [-0.1, -0.05) is 23.7 Å². The van der Waals surface area contributed by atoms with Crippen molar-refractivity contribution in [3.63, 3.8) is 0 Å². The topological polar surface area (TPSA) is 51.1 Å². The van der Waals surface area contributed by atoms with Crippen molar-refractivity contribution in [3.05, 3.63) is 88.7 Å². The van der Waals surface area contributed by atoms with E-state index in [4.69, 9.17) is 11.6 Å². The van der Waals surface area contributed by atoms with Crippen LogP contribution >= 0.6 is 11.6 Å². The molecule has 2 aromatic carbocycles. The standard InChI is InChI=1S/C19H13ClF2N2O2/c20-13-5-8-16(15(22)10-13)23-19(26)18(25)17-2-1-9-24(17)11-12-3-6-14(21)7-4-12/h1-10H,11H2,(H,23,26). The Labute approximate surface area is 153 Å². The zero-order valence-electron chi connectivity index (χ0n) is 13.4. The van der Waals surface area contributed by atoms with Gasteiger partial charge in [-0.2, -0.15) is 0 Å². The van der Waals surface area contributed by atoms with Gasteiger partial charge < -0.3 is 9.88 Å². The molecule has 1 amide bonds. The molecule has 0 aliphatic heterocycles. The maximum Gasteiger partial charge on any atom is 0.298 e. The number of ketones is 1. The molecule has 1 N–H and O–H groups in total. The van der Waals surface area contributed by atoms with Gasteiger partial charge in [0, 0.05) is 17.8 Å². The van der Waals surface area contributed by atoms with Crippen LogP contribution in [-0.2, 0) is 11.3 Å². The molecule has 0 radical (unpaired) electrons. The molecule has 0 unspecified atom stereocenters. The molecule has 0 fully saturated rings. The van der Waals surface area contributed by atoms with Gasteiger partial charge in [-0.05, 0) is 48.0 Å². The van der Waals surface area contributed by atoms with Gasteiger partial charge in [-0.3, -0.25) is 9.59 Å². The number of aromatic nitrogens is 1. The van der Waals surface area contributed by atoms with Crippen LogP contribution in [0.15, 0.2) is 60.8 Å². The monoisotopic (exact) mass is 374 g/mol. The van der Waals surface area contributed by atoms with E-state index in [0.29, 0.717) is 0 Å². The van der Waals surface area contributed by atoms with Crippen molar-refractivity contribution < 1.29 is 18.4 Å². The minimum absolute atomic E-state index is 0.135. The Bertz CT molecular complexity index is 968. The first-order chi connectivity index (χ1) is 12.4. The van der Waals surface area contributed by atoms with Gasteiger partial charge in [-0.15, -0.1) is 0 Å². The largest absolute Gasteiger partial charge is 0.340 e. The average molecular weight is 375 g/mol. The highest BCUT2D eigenvalue weighted by atomic mass is 35.5. The minimum Gasteiger partial charge on any atom is -0.340 e. The van der Waals surface area contributed by atoms with E-state index in [1.165, 1.54) is 30.3 Å². The molecular formula is C19H13ClF2N2O2. The summed E-state index contributed by atoms with van der Waals surface area (Å²) in [5.74, 6) is -2.88. The summed E-state index contributed by atoms with van der Waals surface area (Å²) < 4.78 is 28.3. The summed E-state index contributed by atoms with van der Waals surface area (Å²) in [5.41, 5.74) is 0.770. The van der Waals surface area contributed by atoms with Crippen LogP contribution in [0.4, 0.5) is 14.5 Å². The van der Waals surface area contributed by atoms with E-state index in [0.717, 1.165) is 11.6 Å². The maximum atomic E-state index is 13.8. The summed E-state index contributed by atoms with van der Waals surface area (Å²) >= 11 is 5.66. The summed E-state index contributed by atoms with van der Waals surface area (Å²) in [6.45, 7) is 0.289. The van der Waals surface area contributed by atoms with E-state index in [-0.39, 0.29) is 28.8 Å². The van der Waals surface area contributed by atoms with Gasteiger partial charge in [0.05, 0.1) is 11.4 Å². The van der Waals surface area contributed by atoms with Crippen LogP contribution in [0.2, 0.25) is 5.02 Å². The zero-order valence-corrected chi connectivity index (χ0v) is 14.1. The van der Waals surface area contributed by atoms with E-state index in [9.17, 15) is 18.4 Å². The minimum atomic E-state index is -0.967. The number of carbonyl (C=O) groups is 2. The third kappa shape index (κ3) is 3.97. The molecule has 0 aliphatic carbocycles. The number of carbonyl (C=O) groups excluding carboxylic acids is 2. The van der Waals surface area contributed by atoms with Crippen LogP contribution in [0, 0.1) is 11.6 Å². The second-order valence-electron chi connectivity index (χ2n) is 5.56. The number of Topliss-reactive ketones (excluding diaryl/α,β-unsaturated/α-hetero) is 1. The zero-order chi connectivity index (χ0) is 18.7. The number of hydrogen-bond acceptors (Lipinski definition) is 2. The summed E-state index contributed by atoms with van der Waals surface area (Å²) in [4.78, 5) is 24.6. The van der Waals surface area contributed by atoms with Crippen molar-refractivity contribution >= 4 is 29.0 Å². The Hall–Kier alpha value is -2.99. The van der Waals surface area contributed by atoms with E-state index in [1.54, 1.807) is 29.0 Å². The SMILES string of the molecule is O=C(Nc1ccc(Cl)cc1F)C(=O)c1cccn1Cc1ccc(F)cc1. The number of nitrogens with one attached hydrogen (secondary N) is 1. The van der Waals surface area contributed by atoms with Crippen molar-refractivity contribution in [1.29, 1.82) is 0 Å². The van der Waals surface area contributed by atoms with Gasteiger partial charge in [0.2, 0.25) is 0 Å². The molecule has 0 saturated carbocycles. The number of rotatable bonds is 5. The molecule has 3 aromatic rings. The Balaban J connectivity index is 1.76. The number of amides is 1. The fourth-order valence-electron chi connectivity index (χ4n) is 2.43. The lowest BCUT2D eigenvalue weighted by Crippen LogP contribution is -2.25. The number of nitrogens with zero attached hydrogens (tertiary/aromatic N) is 1. The lowest BCUT2D eigenvalue weighted by molar-refractivity contribution is -0.112. The van der Waals surface area contributed by atoms with E-state index >= 15 is 0 Å². The van der Waals surface area contributed by atoms with Crippen molar-refractivity contribution in [2.75, 3.05) is 5.32 Å². The Morgan fingerprint density at radius 1 is 1.04 bits per heavy atom. The molecule has 4 nitrogen and oxygen atoms in total. The molecular weight excluding hydrogens is 362 g/mol. The summed E-state index contributed by atoms with van der Waals surface area (Å²) in [6, 6.07) is 12.6. The van der Waals surface area contributed by atoms with Crippen LogP contribution < -0.4 is 5.32 Å². The molecule has 0 spiro atoms. The van der Waals surface area contributed by atoms with E-state index in [1.807, 2.05) is 0 Å². The first-order valence-corrected chi connectivity index (χ1v) is 8.02. The number of benzene rings is 2. The quantitative estimate of drug-likeness (QED) is 0.535. The van der Waals surface area contributed by atoms with Crippen LogP contribution in [0.1, 0.15) is 16.1 Å². The van der Waals surface area contributed by atoms with E-state index in [2.05, 4.69) is 5.32 Å². The highest BCUT2D eigenvalue weighted by molar-refractivity contribution is 6.46. The predicted molar refractivity (Wildman–Crippen MR) is 94.3 cm³/mol. The van der Waals surface area contributed by atoms with Gasteiger partial charge in [-0.25, -0.2) is 8.78 Å².